The molecule has 0 aliphatic heterocycles. The maximum absolute atomic E-state index is 6.17. The lowest BCUT2D eigenvalue weighted by atomic mass is 10.2. The molecule has 2 nitrogen and oxygen atoms in total. The van der Waals surface area contributed by atoms with Crippen LogP contribution in [-0.2, 0) is 6.54 Å². The second-order valence-corrected chi connectivity index (χ2v) is 5.79. The fourth-order valence-corrected chi connectivity index (χ4v) is 2.57. The molecule has 0 fully saturated rings. The molecular weight excluding hydrogens is 329 g/mol. The van der Waals surface area contributed by atoms with E-state index in [1.807, 2.05) is 30.3 Å². The molecule has 0 atom stereocenters. The maximum Gasteiger partial charge on any atom is 0.142 e. The monoisotopic (exact) mass is 343 g/mol. The summed E-state index contributed by atoms with van der Waals surface area (Å²) in [6.45, 7) is 3.22. The second kappa shape index (κ2) is 7.79. The summed E-state index contributed by atoms with van der Waals surface area (Å²) in [7, 11) is 0. The van der Waals surface area contributed by atoms with Gasteiger partial charge >= 0.3 is 0 Å². The Balaban J connectivity index is 2.17. The van der Waals surface area contributed by atoms with Gasteiger partial charge in [-0.25, -0.2) is 0 Å². The van der Waals surface area contributed by atoms with Gasteiger partial charge in [-0.1, -0.05) is 47.8 Å². The van der Waals surface area contributed by atoms with Crippen molar-refractivity contribution in [2.75, 3.05) is 11.9 Å². The molecule has 21 heavy (non-hydrogen) atoms. The third-order valence-corrected chi connectivity index (χ3v) is 3.86. The third-order valence-electron chi connectivity index (χ3n) is 2.92. The standard InChI is InChI=1S/C16H16Cl3NO/c1-2-8-21-16-7-6-11(17)9-15(16)20-10-12-13(18)4-3-5-14(12)19/h3-7,9,20H,2,8,10H2,1H3. The van der Waals surface area contributed by atoms with Crippen molar-refractivity contribution in [1.82, 2.24) is 0 Å². The van der Waals surface area contributed by atoms with Crippen LogP contribution in [0.2, 0.25) is 15.1 Å². The summed E-state index contributed by atoms with van der Waals surface area (Å²) in [4.78, 5) is 0. The number of halogens is 3. The predicted octanol–water partition coefficient (Wildman–Crippen LogP) is 6.05. The largest absolute Gasteiger partial charge is 0.491 e. The van der Waals surface area contributed by atoms with Crippen molar-refractivity contribution in [3.05, 3.63) is 57.0 Å². The molecule has 0 aliphatic rings. The van der Waals surface area contributed by atoms with Crippen molar-refractivity contribution in [2.45, 2.75) is 19.9 Å². The van der Waals surface area contributed by atoms with Crippen molar-refractivity contribution in [3.8, 4) is 5.75 Å². The minimum atomic E-state index is 0.501. The smallest absolute Gasteiger partial charge is 0.142 e. The minimum Gasteiger partial charge on any atom is -0.491 e. The highest BCUT2D eigenvalue weighted by Gasteiger charge is 2.08. The van der Waals surface area contributed by atoms with Crippen LogP contribution in [0.15, 0.2) is 36.4 Å². The average Bonchev–Trinajstić information content (AvgIpc) is 2.46. The lowest BCUT2D eigenvalue weighted by Crippen LogP contribution is -2.04. The van der Waals surface area contributed by atoms with E-state index >= 15 is 0 Å². The fraction of sp³-hybridized carbons (Fsp3) is 0.250. The summed E-state index contributed by atoms with van der Waals surface area (Å²) in [6.07, 6.45) is 0.943. The summed E-state index contributed by atoms with van der Waals surface area (Å²) < 4.78 is 5.70. The van der Waals surface area contributed by atoms with E-state index in [9.17, 15) is 0 Å². The summed E-state index contributed by atoms with van der Waals surface area (Å²) in [6, 6.07) is 10.9. The fourth-order valence-electron chi connectivity index (χ4n) is 1.86. The van der Waals surface area contributed by atoms with Gasteiger partial charge in [0.25, 0.3) is 0 Å². The van der Waals surface area contributed by atoms with Gasteiger partial charge < -0.3 is 10.1 Å². The van der Waals surface area contributed by atoms with Gasteiger partial charge in [-0.15, -0.1) is 0 Å². The Kier molecular flexibility index (Phi) is 6.04. The van der Waals surface area contributed by atoms with Crippen LogP contribution in [0.5, 0.6) is 5.75 Å². The molecule has 0 aromatic heterocycles. The number of rotatable bonds is 6. The van der Waals surface area contributed by atoms with Gasteiger partial charge in [-0.05, 0) is 36.8 Å². The molecule has 5 heteroatoms. The zero-order valence-corrected chi connectivity index (χ0v) is 13.9. The topological polar surface area (TPSA) is 21.3 Å². The molecule has 0 heterocycles. The molecular formula is C16H16Cl3NO. The zero-order valence-electron chi connectivity index (χ0n) is 11.6. The van der Waals surface area contributed by atoms with Crippen LogP contribution in [0.25, 0.3) is 0 Å². The van der Waals surface area contributed by atoms with Gasteiger partial charge in [0.2, 0.25) is 0 Å². The Morgan fingerprint density at radius 2 is 1.76 bits per heavy atom. The summed E-state index contributed by atoms with van der Waals surface area (Å²) in [5, 5.41) is 5.19. The van der Waals surface area contributed by atoms with Gasteiger partial charge in [0.05, 0.1) is 12.3 Å². The van der Waals surface area contributed by atoms with E-state index in [1.165, 1.54) is 0 Å². The normalized spacial score (nSPS) is 10.5. The molecule has 2 rings (SSSR count). The molecule has 1 N–H and O–H groups in total. The van der Waals surface area contributed by atoms with Gasteiger partial charge in [0.15, 0.2) is 0 Å². The molecule has 112 valence electrons. The highest BCUT2D eigenvalue weighted by Crippen LogP contribution is 2.30. The van der Waals surface area contributed by atoms with Crippen molar-refractivity contribution >= 4 is 40.5 Å². The van der Waals surface area contributed by atoms with E-state index in [0.29, 0.717) is 28.2 Å². The van der Waals surface area contributed by atoms with Gasteiger partial charge in [0.1, 0.15) is 5.75 Å². The molecule has 0 amide bonds. The number of hydrogen-bond donors (Lipinski definition) is 1. The predicted molar refractivity (Wildman–Crippen MR) is 91.0 cm³/mol. The first-order valence-corrected chi connectivity index (χ1v) is 7.84. The lowest BCUT2D eigenvalue weighted by Gasteiger charge is -2.14. The van der Waals surface area contributed by atoms with Gasteiger partial charge in [-0.2, -0.15) is 0 Å². The summed E-state index contributed by atoms with van der Waals surface area (Å²) >= 11 is 18.4. The zero-order chi connectivity index (χ0) is 15.2. The molecule has 0 unspecified atom stereocenters. The Labute approximate surface area is 140 Å². The Hall–Kier alpha value is -1.09. The molecule has 0 spiro atoms. The van der Waals surface area contributed by atoms with Crippen LogP contribution in [0.4, 0.5) is 5.69 Å². The maximum atomic E-state index is 6.17. The highest BCUT2D eigenvalue weighted by molar-refractivity contribution is 6.36. The van der Waals surface area contributed by atoms with Crippen LogP contribution < -0.4 is 10.1 Å². The van der Waals surface area contributed by atoms with Crippen molar-refractivity contribution in [2.24, 2.45) is 0 Å². The number of nitrogens with one attached hydrogen (secondary N) is 1. The summed E-state index contributed by atoms with van der Waals surface area (Å²) in [5.74, 6) is 0.768. The number of ether oxygens (including phenoxy) is 1. The molecule has 0 saturated heterocycles. The summed E-state index contributed by atoms with van der Waals surface area (Å²) in [5.41, 5.74) is 1.68. The molecule has 2 aromatic carbocycles. The Morgan fingerprint density at radius 3 is 2.43 bits per heavy atom. The van der Waals surface area contributed by atoms with Crippen LogP contribution in [0.3, 0.4) is 0 Å². The second-order valence-electron chi connectivity index (χ2n) is 4.54. The SMILES string of the molecule is CCCOc1ccc(Cl)cc1NCc1c(Cl)cccc1Cl. The first-order chi connectivity index (χ1) is 10.1. The van der Waals surface area contributed by atoms with E-state index in [4.69, 9.17) is 39.5 Å². The Morgan fingerprint density at radius 1 is 1.05 bits per heavy atom. The first kappa shape index (κ1) is 16.3. The van der Waals surface area contributed by atoms with Gasteiger partial charge in [0, 0.05) is 27.2 Å². The van der Waals surface area contributed by atoms with Crippen molar-refractivity contribution < 1.29 is 4.74 Å². The lowest BCUT2D eigenvalue weighted by molar-refractivity contribution is 0.319. The quantitative estimate of drug-likeness (QED) is 0.689. The van der Waals surface area contributed by atoms with Crippen LogP contribution in [0.1, 0.15) is 18.9 Å². The van der Waals surface area contributed by atoms with Crippen molar-refractivity contribution in [3.63, 3.8) is 0 Å². The average molecular weight is 345 g/mol. The van der Waals surface area contributed by atoms with E-state index in [2.05, 4.69) is 12.2 Å². The number of benzene rings is 2. The molecule has 2 aromatic rings. The Bertz CT molecular complexity index is 596. The van der Waals surface area contributed by atoms with E-state index in [-0.39, 0.29) is 0 Å². The molecule has 0 radical (unpaired) electrons. The first-order valence-electron chi connectivity index (χ1n) is 6.71. The van der Waals surface area contributed by atoms with Crippen LogP contribution >= 0.6 is 34.8 Å². The molecule has 0 saturated carbocycles. The number of hydrogen-bond acceptors (Lipinski definition) is 2. The molecule has 0 aliphatic carbocycles. The van der Waals surface area contributed by atoms with E-state index in [1.54, 1.807) is 6.07 Å². The van der Waals surface area contributed by atoms with E-state index < -0.39 is 0 Å². The third kappa shape index (κ3) is 4.44. The van der Waals surface area contributed by atoms with Crippen molar-refractivity contribution in [1.29, 1.82) is 0 Å². The highest BCUT2D eigenvalue weighted by atomic mass is 35.5. The van der Waals surface area contributed by atoms with E-state index in [0.717, 1.165) is 23.4 Å². The van der Waals surface area contributed by atoms with Crippen LogP contribution in [0, 0.1) is 0 Å². The van der Waals surface area contributed by atoms with Gasteiger partial charge in [-0.3, -0.25) is 0 Å². The minimum absolute atomic E-state index is 0.501. The molecule has 0 bridgehead atoms. The van der Waals surface area contributed by atoms with Crippen LogP contribution in [-0.4, -0.2) is 6.61 Å². The number of anilines is 1.